The number of hydrogen-bond acceptors (Lipinski definition) is 3. The van der Waals surface area contributed by atoms with Crippen LogP contribution in [0.4, 0.5) is 4.79 Å². The van der Waals surface area contributed by atoms with Gasteiger partial charge < -0.3 is 20.5 Å². The zero-order chi connectivity index (χ0) is 17.7. The van der Waals surface area contributed by atoms with E-state index in [4.69, 9.17) is 27.9 Å². The van der Waals surface area contributed by atoms with Crippen molar-refractivity contribution in [3.63, 3.8) is 0 Å². The average molecular weight is 375 g/mol. The van der Waals surface area contributed by atoms with Crippen LogP contribution in [0, 0.1) is 5.92 Å². The van der Waals surface area contributed by atoms with Crippen molar-refractivity contribution in [2.45, 2.75) is 31.3 Å². The van der Waals surface area contributed by atoms with Gasteiger partial charge in [-0.05, 0) is 49.3 Å². The van der Waals surface area contributed by atoms with E-state index in [1.165, 1.54) is 7.11 Å². The first-order valence-corrected chi connectivity index (χ1v) is 8.76. The lowest BCUT2D eigenvalue weighted by Gasteiger charge is -2.22. The molecule has 0 saturated heterocycles. The number of carbonyl (C=O) groups excluding carboxylic acids is 1. The van der Waals surface area contributed by atoms with Crippen molar-refractivity contribution >= 4 is 29.2 Å². The molecule has 24 heavy (non-hydrogen) atoms. The van der Waals surface area contributed by atoms with Gasteiger partial charge in [-0.15, -0.1) is 0 Å². The van der Waals surface area contributed by atoms with Crippen LogP contribution in [0.5, 0.6) is 0 Å². The fraction of sp³-hybridized carbons (Fsp3) is 0.588. The smallest absolute Gasteiger partial charge is 0.314 e. The molecule has 7 heteroatoms. The molecule has 2 amide bonds. The lowest BCUT2D eigenvalue weighted by atomic mass is 10.0. The van der Waals surface area contributed by atoms with Gasteiger partial charge in [-0.1, -0.05) is 29.3 Å². The van der Waals surface area contributed by atoms with Gasteiger partial charge in [0, 0.05) is 30.2 Å². The predicted molar refractivity (Wildman–Crippen MR) is 95.8 cm³/mol. The van der Waals surface area contributed by atoms with E-state index in [2.05, 4.69) is 10.6 Å². The Kier molecular flexibility index (Phi) is 6.75. The molecule has 0 bridgehead atoms. The highest BCUT2D eigenvalue weighted by Gasteiger charge is 2.39. The molecule has 5 nitrogen and oxygen atoms in total. The Bertz CT molecular complexity index is 581. The van der Waals surface area contributed by atoms with Crippen LogP contribution in [0.2, 0.25) is 10.0 Å². The Labute approximate surface area is 152 Å². The molecule has 1 aliphatic rings. The maximum atomic E-state index is 11.8. The summed E-state index contributed by atoms with van der Waals surface area (Å²) in [6.07, 6.45) is 1.44. The summed E-state index contributed by atoms with van der Waals surface area (Å²) in [4.78, 5) is 11.8. The van der Waals surface area contributed by atoms with Gasteiger partial charge in [-0.2, -0.15) is 0 Å². The van der Waals surface area contributed by atoms with Gasteiger partial charge in [0.05, 0.1) is 12.2 Å². The first-order valence-electron chi connectivity index (χ1n) is 8.00. The molecule has 3 atom stereocenters. The van der Waals surface area contributed by atoms with Crippen LogP contribution in [0.3, 0.4) is 0 Å². The monoisotopic (exact) mass is 374 g/mol. The molecule has 1 saturated carbocycles. The van der Waals surface area contributed by atoms with Gasteiger partial charge in [0.1, 0.15) is 0 Å². The van der Waals surface area contributed by atoms with Crippen molar-refractivity contribution in [1.82, 2.24) is 10.6 Å². The summed E-state index contributed by atoms with van der Waals surface area (Å²) in [7, 11) is 1.54. The molecule has 0 aromatic heterocycles. The van der Waals surface area contributed by atoms with Gasteiger partial charge in [0.2, 0.25) is 0 Å². The number of amides is 2. The Morgan fingerprint density at radius 2 is 2.17 bits per heavy atom. The SMILES string of the molecule is COCC(C)(O)CCNC(=O)NC[C@@H]1C[C@H]1c1ccc(Cl)cc1Cl. The molecule has 1 unspecified atom stereocenters. The number of ether oxygens (including phenoxy) is 1. The minimum Gasteiger partial charge on any atom is -0.388 e. The average Bonchev–Trinajstić information content (AvgIpc) is 3.24. The number of benzene rings is 1. The van der Waals surface area contributed by atoms with Crippen LogP contribution in [0.1, 0.15) is 31.2 Å². The van der Waals surface area contributed by atoms with Crippen LogP contribution in [0.25, 0.3) is 0 Å². The van der Waals surface area contributed by atoms with Crippen LogP contribution in [-0.2, 0) is 4.74 Å². The highest BCUT2D eigenvalue weighted by molar-refractivity contribution is 6.35. The number of urea groups is 1. The summed E-state index contributed by atoms with van der Waals surface area (Å²) in [6.45, 7) is 2.91. The van der Waals surface area contributed by atoms with E-state index >= 15 is 0 Å². The molecule has 0 heterocycles. The highest BCUT2D eigenvalue weighted by atomic mass is 35.5. The highest BCUT2D eigenvalue weighted by Crippen LogP contribution is 2.49. The van der Waals surface area contributed by atoms with E-state index in [-0.39, 0.29) is 12.6 Å². The summed E-state index contributed by atoms with van der Waals surface area (Å²) in [5, 5.41) is 16.9. The van der Waals surface area contributed by atoms with Crippen molar-refractivity contribution in [2.24, 2.45) is 5.92 Å². The van der Waals surface area contributed by atoms with Crippen LogP contribution < -0.4 is 10.6 Å². The fourth-order valence-electron chi connectivity index (χ4n) is 2.77. The van der Waals surface area contributed by atoms with Gasteiger partial charge in [-0.25, -0.2) is 4.79 Å². The third kappa shape index (κ3) is 5.81. The molecule has 0 radical (unpaired) electrons. The normalized spacial score (nSPS) is 21.9. The Hall–Kier alpha value is -1.01. The first kappa shape index (κ1) is 19.3. The Balaban J connectivity index is 1.67. The molecule has 1 fully saturated rings. The molecular weight excluding hydrogens is 351 g/mol. The summed E-state index contributed by atoms with van der Waals surface area (Å²) >= 11 is 12.1. The fourth-order valence-corrected chi connectivity index (χ4v) is 3.32. The number of methoxy groups -OCH3 is 1. The Morgan fingerprint density at radius 3 is 2.83 bits per heavy atom. The van der Waals surface area contributed by atoms with Crippen molar-refractivity contribution in [3.8, 4) is 0 Å². The molecule has 1 aromatic rings. The van der Waals surface area contributed by atoms with Crippen molar-refractivity contribution < 1.29 is 14.6 Å². The number of nitrogens with one attached hydrogen (secondary N) is 2. The van der Waals surface area contributed by atoms with E-state index in [0.29, 0.717) is 41.4 Å². The third-order valence-corrected chi connectivity index (χ3v) is 4.78. The third-order valence-electron chi connectivity index (χ3n) is 4.21. The minimum atomic E-state index is -0.936. The topological polar surface area (TPSA) is 70.6 Å². The van der Waals surface area contributed by atoms with Crippen molar-refractivity contribution in [2.75, 3.05) is 26.8 Å². The standard InChI is InChI=1S/C17H24Cl2N2O3/c1-17(23,10-24-2)5-6-20-16(22)21-9-11-7-14(11)13-4-3-12(18)8-15(13)19/h3-4,8,11,14,23H,5-7,9-10H2,1-2H3,(H2,20,21,22)/t11-,14+,17?/m0/s1. The second-order valence-electron chi connectivity index (χ2n) is 6.58. The lowest BCUT2D eigenvalue weighted by molar-refractivity contribution is -0.0216. The zero-order valence-electron chi connectivity index (χ0n) is 13.9. The number of hydrogen-bond donors (Lipinski definition) is 3. The van der Waals surface area contributed by atoms with Crippen LogP contribution >= 0.6 is 23.2 Å². The molecular formula is C17H24Cl2N2O3. The molecule has 1 aliphatic carbocycles. The summed E-state index contributed by atoms with van der Waals surface area (Å²) in [5.74, 6) is 0.767. The van der Waals surface area contributed by atoms with E-state index < -0.39 is 5.60 Å². The van der Waals surface area contributed by atoms with Crippen molar-refractivity contribution in [1.29, 1.82) is 0 Å². The molecule has 2 rings (SSSR count). The number of rotatable bonds is 8. The van der Waals surface area contributed by atoms with E-state index in [1.807, 2.05) is 12.1 Å². The second-order valence-corrected chi connectivity index (χ2v) is 7.43. The molecule has 1 aromatic carbocycles. The minimum absolute atomic E-state index is 0.226. The summed E-state index contributed by atoms with van der Waals surface area (Å²) in [6, 6.07) is 5.31. The molecule has 3 N–H and O–H groups in total. The number of carbonyl (C=O) groups is 1. The van der Waals surface area contributed by atoms with E-state index in [0.717, 1.165) is 12.0 Å². The predicted octanol–water partition coefficient (Wildman–Crippen LogP) is 3.18. The maximum absolute atomic E-state index is 11.8. The van der Waals surface area contributed by atoms with Gasteiger partial charge in [0.25, 0.3) is 0 Å². The van der Waals surface area contributed by atoms with Crippen LogP contribution in [-0.4, -0.2) is 43.5 Å². The van der Waals surface area contributed by atoms with Crippen LogP contribution in [0.15, 0.2) is 18.2 Å². The maximum Gasteiger partial charge on any atom is 0.314 e. The summed E-state index contributed by atoms with van der Waals surface area (Å²) in [5.41, 5.74) is 0.151. The van der Waals surface area contributed by atoms with E-state index in [1.54, 1.807) is 13.0 Å². The first-order chi connectivity index (χ1) is 11.3. The van der Waals surface area contributed by atoms with Gasteiger partial charge in [-0.3, -0.25) is 0 Å². The molecule has 0 spiro atoms. The Morgan fingerprint density at radius 1 is 1.42 bits per heavy atom. The lowest BCUT2D eigenvalue weighted by Crippen LogP contribution is -2.41. The molecule has 0 aliphatic heterocycles. The number of aliphatic hydroxyl groups is 1. The largest absolute Gasteiger partial charge is 0.388 e. The molecule has 134 valence electrons. The van der Waals surface area contributed by atoms with Gasteiger partial charge in [0.15, 0.2) is 0 Å². The summed E-state index contributed by atoms with van der Waals surface area (Å²) < 4.78 is 4.92. The van der Waals surface area contributed by atoms with Gasteiger partial charge >= 0.3 is 6.03 Å². The quantitative estimate of drug-likeness (QED) is 0.654. The van der Waals surface area contributed by atoms with Crippen molar-refractivity contribution in [3.05, 3.63) is 33.8 Å². The second kappa shape index (κ2) is 8.39. The van der Waals surface area contributed by atoms with E-state index in [9.17, 15) is 9.90 Å². The zero-order valence-corrected chi connectivity index (χ0v) is 15.5. The number of halogens is 2.